The van der Waals surface area contributed by atoms with Gasteiger partial charge in [-0.05, 0) is 12.1 Å². The fourth-order valence-corrected chi connectivity index (χ4v) is 0.722. The van der Waals surface area contributed by atoms with Crippen LogP contribution in [0.3, 0.4) is 0 Å². The zero-order valence-electron chi connectivity index (χ0n) is 5.66. The summed E-state index contributed by atoms with van der Waals surface area (Å²) in [5.41, 5.74) is 7.29. The molecule has 0 spiro atoms. The second kappa shape index (κ2) is 2.96. The Bertz CT molecular complexity index is 235. The van der Waals surface area contributed by atoms with Crippen LogP contribution in [0.5, 0.6) is 5.75 Å². The van der Waals surface area contributed by atoms with Crippen LogP contribution >= 0.6 is 0 Å². The van der Waals surface area contributed by atoms with Crippen LogP contribution in [-0.4, -0.2) is 7.11 Å². The Morgan fingerprint density at radius 2 is 2.10 bits per heavy atom. The molecule has 0 saturated heterocycles. The Kier molecular flexibility index (Phi) is 1.99. The minimum Gasteiger partial charge on any atom is -0.494 e. The molecule has 0 unspecified atom stereocenters. The maximum absolute atomic E-state index is 6.73. The van der Waals surface area contributed by atoms with Gasteiger partial charge in [-0.1, -0.05) is 12.1 Å². The molecule has 3 heteroatoms. The molecule has 0 aliphatic carbocycles. The van der Waals surface area contributed by atoms with Crippen molar-refractivity contribution in [3.05, 3.63) is 24.3 Å². The molecule has 0 heterocycles. The molecule has 0 bridgehead atoms. The highest BCUT2D eigenvalue weighted by Crippen LogP contribution is 2.25. The van der Waals surface area contributed by atoms with Crippen LogP contribution in [0.2, 0.25) is 0 Å². The van der Waals surface area contributed by atoms with Gasteiger partial charge in [-0.2, -0.15) is 5.11 Å². The first-order chi connectivity index (χ1) is 4.88. The molecular weight excluding hydrogens is 128 g/mol. The van der Waals surface area contributed by atoms with Crippen LogP contribution in [-0.2, 0) is 0 Å². The summed E-state index contributed by atoms with van der Waals surface area (Å²) < 4.78 is 4.92. The SMILES string of the molecule is COc1ccccc1N=N. The summed E-state index contributed by atoms with van der Waals surface area (Å²) in [6.45, 7) is 0. The number of methoxy groups -OCH3 is 1. The van der Waals surface area contributed by atoms with E-state index >= 15 is 0 Å². The third-order valence-electron chi connectivity index (χ3n) is 1.21. The van der Waals surface area contributed by atoms with E-state index < -0.39 is 0 Å². The first-order valence-corrected chi connectivity index (χ1v) is 2.89. The average Bonchev–Trinajstić information content (AvgIpc) is 2.04. The molecule has 52 valence electrons. The molecule has 0 aromatic heterocycles. The third kappa shape index (κ3) is 1.13. The minimum atomic E-state index is 0.560. The topological polar surface area (TPSA) is 45.4 Å². The van der Waals surface area contributed by atoms with Crippen LogP contribution in [0.15, 0.2) is 29.4 Å². The van der Waals surface area contributed by atoms with Gasteiger partial charge in [0.1, 0.15) is 11.4 Å². The summed E-state index contributed by atoms with van der Waals surface area (Å²) in [5.74, 6) is 0.637. The van der Waals surface area contributed by atoms with Crippen molar-refractivity contribution in [2.45, 2.75) is 0 Å². The number of nitrogens with one attached hydrogen (secondary N) is 1. The third-order valence-corrected chi connectivity index (χ3v) is 1.21. The number of nitrogens with zero attached hydrogens (tertiary/aromatic N) is 1. The Labute approximate surface area is 59.1 Å². The van der Waals surface area contributed by atoms with E-state index in [0.717, 1.165) is 0 Å². The lowest BCUT2D eigenvalue weighted by Gasteiger charge is -1.99. The van der Waals surface area contributed by atoms with E-state index in [2.05, 4.69) is 5.11 Å². The van der Waals surface area contributed by atoms with Gasteiger partial charge in [0.2, 0.25) is 0 Å². The van der Waals surface area contributed by atoms with Gasteiger partial charge < -0.3 is 4.74 Å². The first-order valence-electron chi connectivity index (χ1n) is 2.89. The maximum atomic E-state index is 6.73. The van der Waals surface area contributed by atoms with E-state index in [0.29, 0.717) is 11.4 Å². The van der Waals surface area contributed by atoms with Crippen molar-refractivity contribution in [3.63, 3.8) is 0 Å². The smallest absolute Gasteiger partial charge is 0.146 e. The van der Waals surface area contributed by atoms with Gasteiger partial charge in [0.15, 0.2) is 0 Å². The van der Waals surface area contributed by atoms with Crippen molar-refractivity contribution in [1.82, 2.24) is 0 Å². The summed E-state index contributed by atoms with van der Waals surface area (Å²) in [4.78, 5) is 0. The molecule has 10 heavy (non-hydrogen) atoms. The second-order valence-electron chi connectivity index (χ2n) is 1.78. The van der Waals surface area contributed by atoms with Gasteiger partial charge >= 0.3 is 0 Å². The van der Waals surface area contributed by atoms with Gasteiger partial charge in [-0.25, -0.2) is 5.53 Å². The molecule has 0 aliphatic heterocycles. The normalized spacial score (nSPS) is 8.90. The van der Waals surface area contributed by atoms with E-state index in [1.54, 1.807) is 19.2 Å². The number of hydrogen-bond donors (Lipinski definition) is 1. The maximum Gasteiger partial charge on any atom is 0.146 e. The molecule has 0 aliphatic rings. The van der Waals surface area contributed by atoms with Gasteiger partial charge in [0.25, 0.3) is 0 Å². The highest BCUT2D eigenvalue weighted by molar-refractivity contribution is 5.50. The Morgan fingerprint density at radius 1 is 1.40 bits per heavy atom. The van der Waals surface area contributed by atoms with E-state index in [9.17, 15) is 0 Å². The predicted octanol–water partition coefficient (Wildman–Crippen LogP) is 2.36. The van der Waals surface area contributed by atoms with Crippen LogP contribution in [0.1, 0.15) is 0 Å². The van der Waals surface area contributed by atoms with Gasteiger partial charge in [-0.15, -0.1) is 0 Å². The summed E-state index contributed by atoms with van der Waals surface area (Å²) in [6.07, 6.45) is 0. The van der Waals surface area contributed by atoms with E-state index in [1.807, 2.05) is 12.1 Å². The summed E-state index contributed by atoms with van der Waals surface area (Å²) in [6, 6.07) is 7.16. The minimum absolute atomic E-state index is 0.560. The fraction of sp³-hybridized carbons (Fsp3) is 0.143. The zero-order chi connectivity index (χ0) is 7.40. The zero-order valence-corrected chi connectivity index (χ0v) is 5.66. The molecule has 0 saturated carbocycles. The highest BCUT2D eigenvalue weighted by atomic mass is 16.5. The molecule has 0 atom stereocenters. The molecule has 1 aromatic rings. The lowest BCUT2D eigenvalue weighted by atomic mass is 10.3. The highest BCUT2D eigenvalue weighted by Gasteiger charge is 1.96. The Morgan fingerprint density at radius 3 is 2.60 bits per heavy atom. The summed E-state index contributed by atoms with van der Waals surface area (Å²) in [5, 5.41) is 3.27. The molecule has 0 radical (unpaired) electrons. The predicted molar refractivity (Wildman–Crippen MR) is 37.8 cm³/mol. The second-order valence-corrected chi connectivity index (χ2v) is 1.78. The Balaban J connectivity index is 3.08. The lowest BCUT2D eigenvalue weighted by Crippen LogP contribution is -1.80. The molecule has 0 fully saturated rings. The Hall–Kier alpha value is -1.38. The van der Waals surface area contributed by atoms with E-state index in [1.165, 1.54) is 0 Å². The van der Waals surface area contributed by atoms with Crippen molar-refractivity contribution >= 4 is 5.69 Å². The number of rotatable bonds is 2. The van der Waals surface area contributed by atoms with Gasteiger partial charge in [0, 0.05) is 0 Å². The van der Waals surface area contributed by atoms with Crippen LogP contribution in [0, 0.1) is 5.53 Å². The monoisotopic (exact) mass is 136 g/mol. The number of ether oxygens (including phenoxy) is 1. The largest absolute Gasteiger partial charge is 0.494 e. The molecular formula is C7H8N2O. The van der Waals surface area contributed by atoms with E-state index in [4.69, 9.17) is 10.3 Å². The quantitative estimate of drug-likeness (QED) is 0.623. The fourth-order valence-electron chi connectivity index (χ4n) is 0.722. The number of para-hydroxylation sites is 2. The van der Waals surface area contributed by atoms with Gasteiger partial charge in [0.05, 0.1) is 7.11 Å². The van der Waals surface area contributed by atoms with E-state index in [-0.39, 0.29) is 0 Å². The molecule has 3 nitrogen and oxygen atoms in total. The van der Waals surface area contributed by atoms with Gasteiger partial charge in [-0.3, -0.25) is 0 Å². The number of hydrogen-bond acceptors (Lipinski definition) is 3. The van der Waals surface area contributed by atoms with Crippen LogP contribution in [0.25, 0.3) is 0 Å². The van der Waals surface area contributed by atoms with Crippen molar-refractivity contribution in [3.8, 4) is 5.75 Å². The molecule has 1 aromatic carbocycles. The summed E-state index contributed by atoms with van der Waals surface area (Å²) >= 11 is 0. The van der Waals surface area contributed by atoms with Crippen molar-refractivity contribution in [1.29, 1.82) is 5.53 Å². The molecule has 1 N–H and O–H groups in total. The van der Waals surface area contributed by atoms with Crippen LogP contribution < -0.4 is 4.74 Å². The summed E-state index contributed by atoms with van der Waals surface area (Å²) in [7, 11) is 1.56. The molecule has 1 rings (SSSR count). The molecule has 0 amide bonds. The lowest BCUT2D eigenvalue weighted by molar-refractivity contribution is 0.415. The van der Waals surface area contributed by atoms with Crippen molar-refractivity contribution in [2.24, 2.45) is 5.11 Å². The van der Waals surface area contributed by atoms with Crippen LogP contribution in [0.4, 0.5) is 5.69 Å². The number of benzene rings is 1. The standard InChI is InChI=1S/C7H8N2O/c1-10-7-5-3-2-4-6(7)9-8/h2-5,8H,1H3. The first kappa shape index (κ1) is 6.74. The van der Waals surface area contributed by atoms with Crippen molar-refractivity contribution in [2.75, 3.05) is 7.11 Å². The van der Waals surface area contributed by atoms with Crippen molar-refractivity contribution < 1.29 is 4.74 Å². The average molecular weight is 136 g/mol.